The standard InChI is InChI=1S/C25H29FN2O5/c1-31-20-8-9-23(32-2)22(13-20)28-15-18(12-24(28)29)25(30)27(16-21-7-4-10-33-21)14-17-5-3-6-19(26)11-17/h3,5-6,8-9,11,13,18,21H,4,7,10,12,14-16H2,1-2H3. The summed E-state index contributed by atoms with van der Waals surface area (Å²) in [5.74, 6) is -0.00404. The molecule has 2 heterocycles. The van der Waals surface area contributed by atoms with Crippen LogP contribution in [0.4, 0.5) is 10.1 Å². The zero-order valence-electron chi connectivity index (χ0n) is 19.0. The van der Waals surface area contributed by atoms with Crippen molar-refractivity contribution in [3.05, 3.63) is 53.8 Å². The van der Waals surface area contributed by atoms with Gasteiger partial charge in [-0.25, -0.2) is 4.39 Å². The van der Waals surface area contributed by atoms with Gasteiger partial charge in [-0.3, -0.25) is 9.59 Å². The van der Waals surface area contributed by atoms with E-state index in [1.54, 1.807) is 47.2 Å². The molecule has 0 spiro atoms. The first-order valence-electron chi connectivity index (χ1n) is 11.2. The number of carbonyl (C=O) groups is 2. The number of hydrogen-bond donors (Lipinski definition) is 0. The number of halogens is 1. The molecule has 0 saturated carbocycles. The summed E-state index contributed by atoms with van der Waals surface area (Å²) in [5.41, 5.74) is 1.28. The molecule has 2 fully saturated rings. The summed E-state index contributed by atoms with van der Waals surface area (Å²) in [6.45, 7) is 1.61. The minimum Gasteiger partial charge on any atom is -0.497 e. The zero-order valence-corrected chi connectivity index (χ0v) is 19.0. The van der Waals surface area contributed by atoms with E-state index in [1.807, 2.05) is 0 Å². The fraction of sp³-hybridized carbons (Fsp3) is 0.440. The predicted octanol–water partition coefficient (Wildman–Crippen LogP) is 3.40. The number of anilines is 1. The molecule has 7 nitrogen and oxygen atoms in total. The summed E-state index contributed by atoms with van der Waals surface area (Å²) in [6.07, 6.45) is 1.89. The van der Waals surface area contributed by atoms with Crippen molar-refractivity contribution in [2.24, 2.45) is 5.92 Å². The maximum atomic E-state index is 13.7. The van der Waals surface area contributed by atoms with E-state index in [0.717, 1.165) is 12.8 Å². The molecule has 2 unspecified atom stereocenters. The number of nitrogens with zero attached hydrogens (tertiary/aromatic N) is 2. The maximum absolute atomic E-state index is 13.7. The van der Waals surface area contributed by atoms with E-state index in [4.69, 9.17) is 14.2 Å². The molecule has 2 aromatic carbocycles. The van der Waals surface area contributed by atoms with Crippen molar-refractivity contribution in [1.29, 1.82) is 0 Å². The summed E-state index contributed by atoms with van der Waals surface area (Å²) in [4.78, 5) is 29.8. The van der Waals surface area contributed by atoms with Gasteiger partial charge in [0.05, 0.1) is 31.9 Å². The van der Waals surface area contributed by atoms with Gasteiger partial charge >= 0.3 is 0 Å². The molecular weight excluding hydrogens is 427 g/mol. The predicted molar refractivity (Wildman–Crippen MR) is 121 cm³/mol. The van der Waals surface area contributed by atoms with Gasteiger partial charge in [0.2, 0.25) is 11.8 Å². The Morgan fingerprint density at radius 3 is 2.76 bits per heavy atom. The largest absolute Gasteiger partial charge is 0.497 e. The Bertz CT molecular complexity index is 1010. The van der Waals surface area contributed by atoms with Gasteiger partial charge in [0.25, 0.3) is 0 Å². The Morgan fingerprint density at radius 2 is 2.06 bits per heavy atom. The Balaban J connectivity index is 1.54. The second kappa shape index (κ2) is 10.2. The fourth-order valence-electron chi connectivity index (χ4n) is 4.49. The van der Waals surface area contributed by atoms with Crippen molar-refractivity contribution in [3.8, 4) is 11.5 Å². The molecule has 8 heteroatoms. The summed E-state index contributed by atoms with van der Waals surface area (Å²) < 4.78 is 30.2. The molecule has 2 atom stereocenters. The molecular formula is C25H29FN2O5. The molecule has 0 radical (unpaired) electrons. The molecule has 0 aromatic heterocycles. The van der Waals surface area contributed by atoms with Crippen molar-refractivity contribution in [1.82, 2.24) is 4.90 Å². The highest BCUT2D eigenvalue weighted by molar-refractivity contribution is 6.01. The topological polar surface area (TPSA) is 68.3 Å². The average molecular weight is 457 g/mol. The van der Waals surface area contributed by atoms with Gasteiger partial charge in [-0.2, -0.15) is 0 Å². The Hall–Kier alpha value is -3.13. The SMILES string of the molecule is COc1ccc(OC)c(N2CC(C(=O)N(Cc3cccc(F)c3)CC3CCCO3)CC2=O)c1. The van der Waals surface area contributed by atoms with Crippen molar-refractivity contribution < 1.29 is 28.2 Å². The van der Waals surface area contributed by atoms with Crippen LogP contribution in [0.15, 0.2) is 42.5 Å². The number of rotatable bonds is 8. The van der Waals surface area contributed by atoms with Gasteiger partial charge in [0, 0.05) is 38.7 Å². The third-order valence-corrected chi connectivity index (χ3v) is 6.17. The monoisotopic (exact) mass is 456 g/mol. The van der Waals surface area contributed by atoms with Gasteiger partial charge in [-0.15, -0.1) is 0 Å². The second-order valence-electron chi connectivity index (χ2n) is 8.43. The van der Waals surface area contributed by atoms with Crippen LogP contribution in [0.1, 0.15) is 24.8 Å². The lowest BCUT2D eigenvalue weighted by molar-refractivity contribution is -0.138. The first-order chi connectivity index (χ1) is 16.0. The molecule has 0 N–H and O–H groups in total. The van der Waals surface area contributed by atoms with E-state index in [-0.39, 0.29) is 43.2 Å². The number of ether oxygens (including phenoxy) is 3. The van der Waals surface area contributed by atoms with E-state index >= 15 is 0 Å². The van der Waals surface area contributed by atoms with Crippen molar-refractivity contribution in [3.63, 3.8) is 0 Å². The fourth-order valence-corrected chi connectivity index (χ4v) is 4.49. The summed E-state index contributed by atoms with van der Waals surface area (Å²) >= 11 is 0. The minimum atomic E-state index is -0.511. The van der Waals surface area contributed by atoms with Crippen LogP contribution in [-0.2, 0) is 20.9 Å². The number of amides is 2. The lowest BCUT2D eigenvalue weighted by atomic mass is 10.1. The number of carbonyl (C=O) groups excluding carboxylic acids is 2. The van der Waals surface area contributed by atoms with Crippen molar-refractivity contribution >= 4 is 17.5 Å². The van der Waals surface area contributed by atoms with Crippen LogP contribution < -0.4 is 14.4 Å². The lowest BCUT2D eigenvalue weighted by Crippen LogP contribution is -2.41. The molecule has 176 valence electrons. The Kier molecular flexibility index (Phi) is 7.13. The van der Waals surface area contributed by atoms with E-state index in [9.17, 15) is 14.0 Å². The molecule has 2 saturated heterocycles. The summed E-state index contributed by atoms with van der Waals surface area (Å²) in [6, 6.07) is 11.5. The summed E-state index contributed by atoms with van der Waals surface area (Å²) in [5, 5.41) is 0. The van der Waals surface area contributed by atoms with E-state index in [0.29, 0.717) is 35.9 Å². The van der Waals surface area contributed by atoms with Gasteiger partial charge in [-0.05, 0) is 42.7 Å². The first kappa shape index (κ1) is 23.0. The van der Waals surface area contributed by atoms with Crippen LogP contribution in [0.3, 0.4) is 0 Å². The normalized spacial score (nSPS) is 20.2. The van der Waals surface area contributed by atoms with Gasteiger partial charge in [-0.1, -0.05) is 12.1 Å². The quantitative estimate of drug-likeness (QED) is 0.609. The van der Waals surface area contributed by atoms with Gasteiger partial charge in [0.1, 0.15) is 17.3 Å². The molecule has 2 aliphatic rings. The highest BCUT2D eigenvalue weighted by Gasteiger charge is 2.39. The highest BCUT2D eigenvalue weighted by atomic mass is 19.1. The smallest absolute Gasteiger partial charge is 0.228 e. The van der Waals surface area contributed by atoms with Crippen LogP contribution in [0, 0.1) is 11.7 Å². The molecule has 0 aliphatic carbocycles. The molecule has 4 rings (SSSR count). The van der Waals surface area contributed by atoms with Crippen LogP contribution in [-0.4, -0.2) is 56.7 Å². The molecule has 2 amide bonds. The highest BCUT2D eigenvalue weighted by Crippen LogP contribution is 2.36. The molecule has 2 aliphatic heterocycles. The molecule has 0 bridgehead atoms. The van der Waals surface area contributed by atoms with E-state index < -0.39 is 5.92 Å². The number of benzene rings is 2. The minimum absolute atomic E-state index is 0.0470. The average Bonchev–Trinajstić information content (AvgIpc) is 3.47. The maximum Gasteiger partial charge on any atom is 0.228 e. The first-order valence-corrected chi connectivity index (χ1v) is 11.2. The van der Waals surface area contributed by atoms with Crippen LogP contribution in [0.5, 0.6) is 11.5 Å². The second-order valence-corrected chi connectivity index (χ2v) is 8.43. The number of methoxy groups -OCH3 is 2. The van der Waals surface area contributed by atoms with Crippen LogP contribution in [0.2, 0.25) is 0 Å². The molecule has 2 aromatic rings. The zero-order chi connectivity index (χ0) is 23.4. The molecule has 33 heavy (non-hydrogen) atoms. The number of hydrogen-bond acceptors (Lipinski definition) is 5. The third-order valence-electron chi connectivity index (χ3n) is 6.17. The van der Waals surface area contributed by atoms with Crippen molar-refractivity contribution in [2.45, 2.75) is 31.9 Å². The summed E-state index contributed by atoms with van der Waals surface area (Å²) in [7, 11) is 3.09. The van der Waals surface area contributed by atoms with Crippen LogP contribution in [0.25, 0.3) is 0 Å². The van der Waals surface area contributed by atoms with Crippen LogP contribution >= 0.6 is 0 Å². The van der Waals surface area contributed by atoms with Crippen molar-refractivity contribution in [2.75, 3.05) is 38.8 Å². The van der Waals surface area contributed by atoms with Gasteiger partial charge in [0.15, 0.2) is 0 Å². The van der Waals surface area contributed by atoms with E-state index in [2.05, 4.69) is 0 Å². The Morgan fingerprint density at radius 1 is 1.21 bits per heavy atom. The lowest BCUT2D eigenvalue weighted by Gasteiger charge is -2.28. The van der Waals surface area contributed by atoms with Gasteiger partial charge < -0.3 is 24.0 Å². The Labute approximate surface area is 193 Å². The van der Waals surface area contributed by atoms with E-state index in [1.165, 1.54) is 19.2 Å². The third kappa shape index (κ3) is 5.27.